The highest BCUT2D eigenvalue weighted by Gasteiger charge is 2.41. The van der Waals surface area contributed by atoms with E-state index in [4.69, 9.17) is 19.4 Å². The Kier molecular flexibility index (Phi) is 8.41. The molecular weight excluding hydrogens is 484 g/mol. The monoisotopic (exact) mass is 522 g/mol. The first-order valence-electron chi connectivity index (χ1n) is 13.4. The van der Waals surface area contributed by atoms with Gasteiger partial charge in [-0.05, 0) is 68.1 Å². The predicted molar refractivity (Wildman–Crippen MR) is 144 cm³/mol. The highest BCUT2D eigenvalue weighted by atomic mass is 16.6. The summed E-state index contributed by atoms with van der Waals surface area (Å²) in [5, 5.41) is 15.2. The topological polar surface area (TPSA) is 123 Å². The first kappa shape index (κ1) is 27.6. The number of fused-ring (bicyclic) bond motifs is 1. The van der Waals surface area contributed by atoms with E-state index in [0.717, 1.165) is 48.8 Å². The van der Waals surface area contributed by atoms with Crippen molar-refractivity contribution in [2.45, 2.75) is 91.0 Å². The van der Waals surface area contributed by atoms with Gasteiger partial charge in [0.15, 0.2) is 5.69 Å². The number of carbonyl (C=O) groups excluding carboxylic acids is 1. The Balaban J connectivity index is 1.29. The lowest BCUT2D eigenvalue weighted by Crippen LogP contribution is -2.49. The molecule has 1 saturated heterocycles. The summed E-state index contributed by atoms with van der Waals surface area (Å²) in [6.07, 6.45) is 3.31. The quantitative estimate of drug-likeness (QED) is 0.348. The number of aromatic nitrogens is 2. The summed E-state index contributed by atoms with van der Waals surface area (Å²) in [5.74, 6) is 6.06. The Hall–Kier alpha value is -3.38. The third kappa shape index (κ3) is 7.35. The number of carbonyl (C=O) groups is 2. The molecule has 9 heteroatoms. The zero-order chi connectivity index (χ0) is 27.4. The average Bonchev–Trinajstić information content (AvgIpc) is 3.43. The van der Waals surface area contributed by atoms with Gasteiger partial charge in [0.25, 0.3) is 0 Å². The van der Waals surface area contributed by atoms with E-state index in [1.54, 1.807) is 20.8 Å². The minimum atomic E-state index is -1.07. The zero-order valence-electron chi connectivity index (χ0n) is 22.8. The van der Waals surface area contributed by atoms with Crippen LogP contribution in [-0.4, -0.2) is 58.0 Å². The van der Waals surface area contributed by atoms with E-state index in [9.17, 15) is 14.7 Å². The molecule has 2 heterocycles. The second-order valence-electron chi connectivity index (χ2n) is 11.6. The molecule has 204 valence electrons. The van der Waals surface area contributed by atoms with Crippen molar-refractivity contribution >= 4 is 23.1 Å². The van der Waals surface area contributed by atoms with Crippen molar-refractivity contribution in [3.8, 4) is 17.7 Å². The molecule has 2 aromatic rings. The van der Waals surface area contributed by atoms with Gasteiger partial charge in [0.2, 0.25) is 5.88 Å². The van der Waals surface area contributed by atoms with E-state index in [-0.39, 0.29) is 18.1 Å². The van der Waals surface area contributed by atoms with E-state index >= 15 is 0 Å². The van der Waals surface area contributed by atoms with Crippen molar-refractivity contribution in [2.24, 2.45) is 11.3 Å². The number of amides is 1. The molecule has 1 aromatic heterocycles. The summed E-state index contributed by atoms with van der Waals surface area (Å²) in [4.78, 5) is 33.1. The summed E-state index contributed by atoms with van der Waals surface area (Å²) in [5.41, 5.74) is 2.64. The minimum Gasteiger partial charge on any atom is -0.480 e. The number of carboxylic acid groups (broad SMARTS) is 1. The highest BCUT2D eigenvalue weighted by Crippen LogP contribution is 2.38. The Morgan fingerprint density at radius 1 is 1.24 bits per heavy atom. The van der Waals surface area contributed by atoms with E-state index < -0.39 is 23.5 Å². The van der Waals surface area contributed by atoms with Crippen LogP contribution in [0.2, 0.25) is 0 Å². The number of unbranched alkanes of at least 4 members (excludes halogenated alkanes) is 1. The van der Waals surface area contributed by atoms with Gasteiger partial charge in [0.05, 0.1) is 11.0 Å². The fourth-order valence-electron chi connectivity index (χ4n) is 4.66. The van der Waals surface area contributed by atoms with Gasteiger partial charge in [-0.15, -0.1) is 0 Å². The van der Waals surface area contributed by atoms with Gasteiger partial charge in [0.1, 0.15) is 18.2 Å². The fourth-order valence-corrected chi connectivity index (χ4v) is 4.66. The summed E-state index contributed by atoms with van der Waals surface area (Å²) in [6.45, 7) is 10.2. The normalized spacial score (nSPS) is 23.3. The van der Waals surface area contributed by atoms with Crippen molar-refractivity contribution in [2.75, 3.05) is 6.54 Å². The molecule has 1 amide bonds. The van der Waals surface area contributed by atoms with E-state index in [0.29, 0.717) is 24.0 Å². The maximum Gasteiger partial charge on any atom is 0.408 e. The van der Waals surface area contributed by atoms with Gasteiger partial charge < -0.3 is 25.2 Å². The molecule has 38 heavy (non-hydrogen) atoms. The van der Waals surface area contributed by atoms with Gasteiger partial charge in [-0.2, -0.15) is 0 Å². The van der Waals surface area contributed by atoms with Crippen LogP contribution in [0.15, 0.2) is 18.2 Å². The second kappa shape index (κ2) is 11.6. The first-order valence-corrected chi connectivity index (χ1v) is 13.4. The lowest BCUT2D eigenvalue weighted by Gasteiger charge is -2.27. The van der Waals surface area contributed by atoms with Crippen molar-refractivity contribution in [3.63, 3.8) is 0 Å². The SMILES string of the molecule is Cc1ccc2nc(C#CCCC[C@@H]3CC3OC(=O)N[C@H](C(=O)O)C(C)(C)C)c(OC3CN[C@H](C)C3)nc2c1. The molecule has 0 bridgehead atoms. The van der Waals surface area contributed by atoms with Crippen LogP contribution in [0, 0.1) is 30.1 Å². The molecule has 9 nitrogen and oxygen atoms in total. The summed E-state index contributed by atoms with van der Waals surface area (Å²) in [7, 11) is 0. The smallest absolute Gasteiger partial charge is 0.408 e. The Bertz CT molecular complexity index is 1250. The molecule has 5 atom stereocenters. The molecule has 0 radical (unpaired) electrons. The minimum absolute atomic E-state index is 0.0419. The van der Waals surface area contributed by atoms with Gasteiger partial charge in [-0.1, -0.05) is 32.8 Å². The van der Waals surface area contributed by atoms with Crippen LogP contribution in [-0.2, 0) is 9.53 Å². The number of aliphatic carboxylic acids is 1. The van der Waals surface area contributed by atoms with Crippen LogP contribution in [0.25, 0.3) is 11.0 Å². The van der Waals surface area contributed by atoms with Crippen molar-refractivity contribution in [3.05, 3.63) is 29.5 Å². The van der Waals surface area contributed by atoms with Gasteiger partial charge in [-0.3, -0.25) is 0 Å². The number of hydrogen-bond acceptors (Lipinski definition) is 7. The maximum absolute atomic E-state index is 12.2. The van der Waals surface area contributed by atoms with E-state index in [1.165, 1.54) is 0 Å². The lowest BCUT2D eigenvalue weighted by atomic mass is 9.87. The molecule has 2 aliphatic rings. The third-order valence-electron chi connectivity index (χ3n) is 6.95. The molecule has 3 N–H and O–H groups in total. The number of hydrogen-bond donors (Lipinski definition) is 3. The summed E-state index contributed by atoms with van der Waals surface area (Å²) < 4.78 is 11.6. The van der Waals surface area contributed by atoms with Crippen molar-refractivity contribution in [1.29, 1.82) is 0 Å². The second-order valence-corrected chi connectivity index (χ2v) is 11.6. The van der Waals surface area contributed by atoms with E-state index in [1.807, 2.05) is 25.1 Å². The molecule has 1 aliphatic heterocycles. The van der Waals surface area contributed by atoms with Gasteiger partial charge in [0, 0.05) is 25.4 Å². The predicted octanol–water partition coefficient (Wildman–Crippen LogP) is 4.20. The lowest BCUT2D eigenvalue weighted by molar-refractivity contribution is -0.142. The van der Waals surface area contributed by atoms with Crippen LogP contribution in [0.1, 0.15) is 71.1 Å². The number of nitrogens with zero attached hydrogens (tertiary/aromatic N) is 2. The fraction of sp³-hybridized carbons (Fsp3) is 0.586. The largest absolute Gasteiger partial charge is 0.480 e. The van der Waals surface area contributed by atoms with Gasteiger partial charge in [-0.25, -0.2) is 19.6 Å². The number of rotatable bonds is 8. The molecule has 4 rings (SSSR count). The van der Waals surface area contributed by atoms with Crippen LogP contribution >= 0.6 is 0 Å². The first-order chi connectivity index (χ1) is 18.0. The van der Waals surface area contributed by atoms with E-state index in [2.05, 4.69) is 29.4 Å². The summed E-state index contributed by atoms with van der Waals surface area (Å²) in [6, 6.07) is 5.36. The number of benzene rings is 1. The number of nitrogens with one attached hydrogen (secondary N) is 2. The van der Waals surface area contributed by atoms with Crippen LogP contribution in [0.5, 0.6) is 5.88 Å². The Morgan fingerprint density at radius 2 is 2.03 bits per heavy atom. The number of aryl methyl sites for hydroxylation is 1. The number of alkyl carbamates (subject to hydrolysis) is 1. The summed E-state index contributed by atoms with van der Waals surface area (Å²) >= 11 is 0. The standard InChI is InChI=1S/C29H38N4O5/c1-17-11-12-21-23(13-17)32-26(37-20-14-18(2)30-16-20)22(31-21)10-8-6-7-9-19-15-24(19)38-28(36)33-25(27(34)35)29(3,4)5/h11-13,18-20,24-25,30H,6-7,9,14-16H2,1-5H3,(H,33,36)(H,34,35)/t18-,19-,20?,24?,25-/m1/s1. The molecule has 1 aliphatic carbocycles. The Morgan fingerprint density at radius 3 is 2.71 bits per heavy atom. The van der Waals surface area contributed by atoms with Crippen molar-refractivity contribution < 1.29 is 24.2 Å². The Labute approximate surface area is 224 Å². The molecule has 0 spiro atoms. The van der Waals surface area contributed by atoms with Crippen LogP contribution in [0.4, 0.5) is 4.79 Å². The third-order valence-corrected chi connectivity index (χ3v) is 6.95. The highest BCUT2D eigenvalue weighted by molar-refractivity contribution is 5.80. The number of ether oxygens (including phenoxy) is 2. The zero-order valence-corrected chi connectivity index (χ0v) is 22.8. The van der Waals surface area contributed by atoms with Crippen LogP contribution in [0.3, 0.4) is 0 Å². The van der Waals surface area contributed by atoms with Gasteiger partial charge >= 0.3 is 12.1 Å². The van der Waals surface area contributed by atoms with Crippen LogP contribution < -0.4 is 15.4 Å². The molecule has 2 unspecified atom stereocenters. The molecule has 1 saturated carbocycles. The van der Waals surface area contributed by atoms with Crippen molar-refractivity contribution in [1.82, 2.24) is 20.6 Å². The molecular formula is C29H38N4O5. The molecule has 2 fully saturated rings. The molecule has 1 aromatic carbocycles. The average molecular weight is 523 g/mol. The maximum atomic E-state index is 12.2. The number of carboxylic acids is 1.